The third-order valence-electron chi connectivity index (χ3n) is 3.86. The predicted octanol–water partition coefficient (Wildman–Crippen LogP) is 4.88. The van der Waals surface area contributed by atoms with Crippen LogP contribution in [0.25, 0.3) is 10.6 Å². The molecule has 2 aromatic heterocycles. The molecule has 0 spiro atoms. The first-order valence-corrected chi connectivity index (χ1v) is 10.9. The first-order chi connectivity index (χ1) is 13.9. The number of anilines is 1. The van der Waals surface area contributed by atoms with Gasteiger partial charge < -0.3 is 15.4 Å². The van der Waals surface area contributed by atoms with Crippen LogP contribution in [0, 0.1) is 6.92 Å². The maximum atomic E-state index is 12.2. The Hall–Kier alpha value is -2.42. The van der Waals surface area contributed by atoms with Gasteiger partial charge in [-0.2, -0.15) is 0 Å². The van der Waals surface area contributed by atoms with E-state index in [0.29, 0.717) is 22.4 Å². The van der Waals surface area contributed by atoms with Crippen molar-refractivity contribution in [3.05, 3.63) is 51.2 Å². The standard InChI is InChI=1S/C20H20ClN3O3S2/c1-12-19(17-8-7-16(29-17)11-22-13(2)25)24-20(28-12)23-18(26)9-10-27-15-5-3-14(21)4-6-15/h3-8H,9-11H2,1-2H3,(H,22,25)(H,23,24,26). The third-order valence-corrected chi connectivity index (χ3v) is 6.09. The van der Waals surface area contributed by atoms with E-state index in [-0.39, 0.29) is 24.8 Å². The van der Waals surface area contributed by atoms with Gasteiger partial charge in [0.1, 0.15) is 5.75 Å². The fourth-order valence-electron chi connectivity index (χ4n) is 2.46. The number of hydrogen-bond donors (Lipinski definition) is 2. The van der Waals surface area contributed by atoms with Crippen LogP contribution in [0.4, 0.5) is 5.13 Å². The summed E-state index contributed by atoms with van der Waals surface area (Å²) in [7, 11) is 0. The number of nitrogens with one attached hydrogen (secondary N) is 2. The smallest absolute Gasteiger partial charge is 0.229 e. The average molecular weight is 450 g/mol. The topological polar surface area (TPSA) is 80.3 Å². The Morgan fingerprint density at radius 1 is 1.14 bits per heavy atom. The van der Waals surface area contributed by atoms with Gasteiger partial charge >= 0.3 is 0 Å². The van der Waals surface area contributed by atoms with E-state index in [9.17, 15) is 9.59 Å². The molecule has 3 aromatic rings. The van der Waals surface area contributed by atoms with Crippen LogP contribution < -0.4 is 15.4 Å². The van der Waals surface area contributed by atoms with Crippen LogP contribution in [0.2, 0.25) is 5.02 Å². The minimum absolute atomic E-state index is 0.0603. The monoisotopic (exact) mass is 449 g/mol. The van der Waals surface area contributed by atoms with Gasteiger partial charge in [0.25, 0.3) is 0 Å². The second kappa shape index (κ2) is 9.87. The van der Waals surface area contributed by atoms with Gasteiger partial charge in [0, 0.05) is 21.7 Å². The molecule has 2 amide bonds. The number of thiophene rings is 1. The lowest BCUT2D eigenvalue weighted by Gasteiger charge is -2.05. The van der Waals surface area contributed by atoms with Crippen molar-refractivity contribution in [2.24, 2.45) is 0 Å². The molecule has 0 saturated carbocycles. The van der Waals surface area contributed by atoms with Crippen molar-refractivity contribution in [3.8, 4) is 16.3 Å². The van der Waals surface area contributed by atoms with Gasteiger partial charge in [-0.15, -0.1) is 22.7 Å². The second-order valence-electron chi connectivity index (χ2n) is 6.20. The van der Waals surface area contributed by atoms with E-state index in [1.165, 1.54) is 18.3 Å². The van der Waals surface area contributed by atoms with Crippen molar-refractivity contribution in [3.63, 3.8) is 0 Å². The highest BCUT2D eigenvalue weighted by atomic mass is 35.5. The molecule has 6 nitrogen and oxygen atoms in total. The van der Waals surface area contributed by atoms with Gasteiger partial charge in [-0.05, 0) is 43.3 Å². The van der Waals surface area contributed by atoms with Crippen LogP contribution in [-0.4, -0.2) is 23.4 Å². The molecule has 29 heavy (non-hydrogen) atoms. The molecule has 3 rings (SSSR count). The van der Waals surface area contributed by atoms with E-state index in [1.807, 2.05) is 19.1 Å². The van der Waals surface area contributed by atoms with Crippen LogP contribution in [-0.2, 0) is 16.1 Å². The number of aromatic nitrogens is 1. The molecule has 0 bridgehead atoms. The number of carbonyl (C=O) groups excluding carboxylic acids is 2. The Morgan fingerprint density at radius 2 is 1.90 bits per heavy atom. The zero-order chi connectivity index (χ0) is 20.8. The highest BCUT2D eigenvalue weighted by Crippen LogP contribution is 2.34. The molecule has 152 valence electrons. The van der Waals surface area contributed by atoms with E-state index >= 15 is 0 Å². The Morgan fingerprint density at radius 3 is 2.62 bits per heavy atom. The number of halogens is 1. The van der Waals surface area contributed by atoms with Crippen molar-refractivity contribution in [1.82, 2.24) is 10.3 Å². The van der Waals surface area contributed by atoms with Crippen molar-refractivity contribution in [2.45, 2.75) is 26.8 Å². The van der Waals surface area contributed by atoms with Gasteiger partial charge in [-0.1, -0.05) is 11.6 Å². The summed E-state index contributed by atoms with van der Waals surface area (Å²) in [4.78, 5) is 30.9. The SMILES string of the molecule is CC(=O)NCc1ccc(-c2nc(NC(=O)CCOc3ccc(Cl)cc3)sc2C)s1. The first-order valence-electron chi connectivity index (χ1n) is 8.90. The molecule has 9 heteroatoms. The van der Waals surface area contributed by atoms with E-state index < -0.39 is 0 Å². The van der Waals surface area contributed by atoms with Gasteiger partial charge in [-0.25, -0.2) is 4.98 Å². The predicted molar refractivity (Wildman–Crippen MR) is 118 cm³/mol. The van der Waals surface area contributed by atoms with Gasteiger partial charge in [0.15, 0.2) is 5.13 Å². The van der Waals surface area contributed by atoms with Crippen LogP contribution in [0.3, 0.4) is 0 Å². The summed E-state index contributed by atoms with van der Waals surface area (Å²) in [5.41, 5.74) is 0.849. The number of hydrogen-bond acceptors (Lipinski definition) is 6. The van der Waals surface area contributed by atoms with Crippen LogP contribution in [0.1, 0.15) is 23.1 Å². The fourth-order valence-corrected chi connectivity index (χ4v) is 4.49. The number of benzene rings is 1. The number of thiazole rings is 1. The summed E-state index contributed by atoms with van der Waals surface area (Å²) in [6.07, 6.45) is 0.219. The summed E-state index contributed by atoms with van der Waals surface area (Å²) in [6.45, 7) is 4.23. The number of amides is 2. The van der Waals surface area contributed by atoms with E-state index in [0.717, 1.165) is 20.3 Å². The Labute approximate surface area is 181 Å². The third kappa shape index (κ3) is 6.28. The van der Waals surface area contributed by atoms with Crippen LogP contribution in [0.15, 0.2) is 36.4 Å². The lowest BCUT2D eigenvalue weighted by atomic mass is 10.3. The molecule has 2 heterocycles. The number of rotatable bonds is 8. The van der Waals surface area contributed by atoms with Crippen molar-refractivity contribution in [2.75, 3.05) is 11.9 Å². The summed E-state index contributed by atoms with van der Waals surface area (Å²) in [5, 5.41) is 6.81. The normalized spacial score (nSPS) is 10.6. The van der Waals surface area contributed by atoms with E-state index in [1.54, 1.807) is 35.6 Å². The van der Waals surface area contributed by atoms with Crippen LogP contribution >= 0.6 is 34.3 Å². The zero-order valence-electron chi connectivity index (χ0n) is 16.0. The highest BCUT2D eigenvalue weighted by molar-refractivity contribution is 7.18. The molecule has 0 atom stereocenters. The summed E-state index contributed by atoms with van der Waals surface area (Å²) >= 11 is 8.84. The molecule has 0 aliphatic carbocycles. The average Bonchev–Trinajstić information content (AvgIpc) is 3.28. The lowest BCUT2D eigenvalue weighted by molar-refractivity contribution is -0.119. The number of aryl methyl sites for hydroxylation is 1. The number of nitrogens with zero attached hydrogens (tertiary/aromatic N) is 1. The van der Waals surface area contributed by atoms with Gasteiger partial charge in [0.05, 0.1) is 30.1 Å². The molecule has 0 radical (unpaired) electrons. The molecule has 0 saturated heterocycles. The Bertz CT molecular complexity index is 999. The van der Waals surface area contributed by atoms with Crippen molar-refractivity contribution < 1.29 is 14.3 Å². The highest BCUT2D eigenvalue weighted by Gasteiger charge is 2.14. The van der Waals surface area contributed by atoms with Gasteiger partial charge in [-0.3, -0.25) is 9.59 Å². The summed E-state index contributed by atoms with van der Waals surface area (Å²) in [6, 6.07) is 11.0. The second-order valence-corrected chi connectivity index (χ2v) is 9.01. The first kappa shape index (κ1) is 21.3. The molecule has 0 fully saturated rings. The summed E-state index contributed by atoms with van der Waals surface area (Å²) < 4.78 is 5.55. The number of ether oxygens (including phenoxy) is 1. The minimum Gasteiger partial charge on any atom is -0.493 e. The Kier molecular flexibility index (Phi) is 7.24. The zero-order valence-corrected chi connectivity index (χ0v) is 18.3. The maximum Gasteiger partial charge on any atom is 0.229 e. The molecule has 0 aliphatic rings. The summed E-state index contributed by atoms with van der Waals surface area (Å²) in [5.74, 6) is 0.453. The molecule has 0 unspecified atom stereocenters. The van der Waals surface area contributed by atoms with Crippen LogP contribution in [0.5, 0.6) is 5.75 Å². The Balaban J connectivity index is 1.53. The van der Waals surface area contributed by atoms with E-state index in [4.69, 9.17) is 16.3 Å². The maximum absolute atomic E-state index is 12.2. The fraction of sp³-hybridized carbons (Fsp3) is 0.250. The quantitative estimate of drug-likeness (QED) is 0.513. The molecule has 1 aromatic carbocycles. The number of carbonyl (C=O) groups is 2. The van der Waals surface area contributed by atoms with E-state index in [2.05, 4.69) is 15.6 Å². The van der Waals surface area contributed by atoms with Crippen molar-refractivity contribution in [1.29, 1.82) is 0 Å². The molecule has 2 N–H and O–H groups in total. The molecular formula is C20H20ClN3O3S2. The lowest BCUT2D eigenvalue weighted by Crippen LogP contribution is -2.17. The largest absolute Gasteiger partial charge is 0.493 e. The molecular weight excluding hydrogens is 430 g/mol. The van der Waals surface area contributed by atoms with Crippen molar-refractivity contribution >= 4 is 51.2 Å². The molecule has 0 aliphatic heterocycles. The van der Waals surface area contributed by atoms with Gasteiger partial charge in [0.2, 0.25) is 11.8 Å². The minimum atomic E-state index is -0.156.